The van der Waals surface area contributed by atoms with E-state index in [1.807, 2.05) is 0 Å². The minimum atomic E-state index is -0.322. The number of rotatable bonds is 3. The van der Waals surface area contributed by atoms with Crippen LogP contribution < -0.4 is 4.74 Å². The van der Waals surface area contributed by atoms with Gasteiger partial charge in [-0.2, -0.15) is 0 Å². The van der Waals surface area contributed by atoms with Crippen LogP contribution in [0.25, 0.3) is 0 Å². The van der Waals surface area contributed by atoms with Gasteiger partial charge in [-0.1, -0.05) is 17.7 Å². The second-order valence-corrected chi connectivity index (χ2v) is 3.14. The van der Waals surface area contributed by atoms with Crippen molar-refractivity contribution in [3.63, 3.8) is 0 Å². The smallest absolute Gasteiger partial charge is 0.302 e. The Balaban J connectivity index is 2.73. The van der Waals surface area contributed by atoms with Crippen molar-refractivity contribution >= 4 is 17.6 Å². The molecular formula is C10H11ClO3. The summed E-state index contributed by atoms with van der Waals surface area (Å²) in [5.74, 6) is 0.360. The molecule has 76 valence electrons. The highest BCUT2D eigenvalue weighted by Gasteiger charge is 2.03. The maximum atomic E-state index is 10.6. The predicted octanol–water partition coefficient (Wildman–Crippen LogP) is 2.41. The fourth-order valence-corrected chi connectivity index (χ4v) is 1.18. The first kappa shape index (κ1) is 10.9. The maximum absolute atomic E-state index is 10.6. The van der Waals surface area contributed by atoms with Crippen molar-refractivity contribution in [2.24, 2.45) is 0 Å². The maximum Gasteiger partial charge on any atom is 0.302 e. The highest BCUT2D eigenvalue weighted by Crippen LogP contribution is 2.22. The average Bonchev–Trinajstić information content (AvgIpc) is 2.15. The molecule has 0 unspecified atom stereocenters. The molecule has 0 atom stereocenters. The Kier molecular flexibility index (Phi) is 3.77. The summed E-state index contributed by atoms with van der Waals surface area (Å²) in [4.78, 5) is 10.6. The van der Waals surface area contributed by atoms with E-state index in [4.69, 9.17) is 21.1 Å². The lowest BCUT2D eigenvalue weighted by atomic mass is 10.2. The topological polar surface area (TPSA) is 35.5 Å². The van der Waals surface area contributed by atoms with Gasteiger partial charge >= 0.3 is 5.97 Å². The van der Waals surface area contributed by atoms with E-state index in [1.165, 1.54) is 6.92 Å². The van der Waals surface area contributed by atoms with Gasteiger partial charge in [0.15, 0.2) is 0 Å². The first-order valence-electron chi connectivity index (χ1n) is 4.09. The molecule has 1 aromatic carbocycles. The molecule has 0 aliphatic rings. The summed E-state index contributed by atoms with van der Waals surface area (Å²) in [5, 5.41) is 0.533. The number of halogens is 1. The van der Waals surface area contributed by atoms with Crippen LogP contribution in [-0.2, 0) is 16.1 Å². The van der Waals surface area contributed by atoms with Crippen LogP contribution in [0.3, 0.4) is 0 Å². The molecule has 0 aromatic heterocycles. The number of ether oxygens (including phenoxy) is 2. The lowest BCUT2D eigenvalue weighted by Crippen LogP contribution is -1.99. The highest BCUT2D eigenvalue weighted by atomic mass is 35.5. The molecular weight excluding hydrogens is 204 g/mol. The van der Waals surface area contributed by atoms with Gasteiger partial charge in [0.05, 0.1) is 12.1 Å². The number of benzene rings is 1. The van der Waals surface area contributed by atoms with E-state index in [2.05, 4.69) is 0 Å². The van der Waals surface area contributed by atoms with Gasteiger partial charge in [0.25, 0.3) is 0 Å². The number of carbonyl (C=O) groups excluding carboxylic acids is 1. The molecule has 1 aromatic rings. The molecule has 0 radical (unpaired) electrons. The second-order valence-electron chi connectivity index (χ2n) is 2.74. The van der Waals surface area contributed by atoms with Crippen LogP contribution in [0.5, 0.6) is 5.75 Å². The molecule has 0 saturated heterocycles. The highest BCUT2D eigenvalue weighted by molar-refractivity contribution is 6.31. The van der Waals surface area contributed by atoms with Gasteiger partial charge in [0, 0.05) is 12.5 Å². The van der Waals surface area contributed by atoms with Crippen molar-refractivity contribution in [1.29, 1.82) is 0 Å². The lowest BCUT2D eigenvalue weighted by molar-refractivity contribution is -0.142. The summed E-state index contributed by atoms with van der Waals surface area (Å²) in [6.07, 6.45) is 0. The zero-order chi connectivity index (χ0) is 10.6. The Morgan fingerprint density at radius 2 is 2.21 bits per heavy atom. The van der Waals surface area contributed by atoms with Crippen LogP contribution in [0.2, 0.25) is 5.02 Å². The summed E-state index contributed by atoms with van der Waals surface area (Å²) in [7, 11) is 1.57. The molecule has 0 aliphatic carbocycles. The Hall–Kier alpha value is -1.22. The third-order valence-electron chi connectivity index (χ3n) is 1.69. The standard InChI is InChI=1S/C10H11ClO3/c1-7(12)14-6-8-3-4-9(13-2)5-10(8)11/h3-5H,6H2,1-2H3. The summed E-state index contributed by atoms with van der Waals surface area (Å²) in [6.45, 7) is 1.55. The molecule has 0 spiro atoms. The van der Waals surface area contributed by atoms with E-state index in [9.17, 15) is 4.79 Å². The number of carbonyl (C=O) groups is 1. The Bertz CT molecular complexity index is 336. The minimum Gasteiger partial charge on any atom is -0.497 e. The summed E-state index contributed by atoms with van der Waals surface area (Å²) >= 11 is 5.92. The van der Waals surface area contributed by atoms with Gasteiger partial charge < -0.3 is 9.47 Å². The van der Waals surface area contributed by atoms with Crippen molar-refractivity contribution < 1.29 is 14.3 Å². The molecule has 14 heavy (non-hydrogen) atoms. The molecule has 1 rings (SSSR count). The van der Waals surface area contributed by atoms with Crippen molar-refractivity contribution in [3.8, 4) is 5.75 Å². The van der Waals surface area contributed by atoms with Crippen LogP contribution in [0, 0.1) is 0 Å². The first-order valence-corrected chi connectivity index (χ1v) is 4.47. The van der Waals surface area contributed by atoms with Crippen LogP contribution in [0.1, 0.15) is 12.5 Å². The number of hydrogen-bond donors (Lipinski definition) is 0. The quantitative estimate of drug-likeness (QED) is 0.725. The molecule has 0 aliphatic heterocycles. The molecule has 0 heterocycles. The fraction of sp³-hybridized carbons (Fsp3) is 0.300. The number of esters is 1. The van der Waals surface area contributed by atoms with Gasteiger partial charge in [-0.15, -0.1) is 0 Å². The van der Waals surface area contributed by atoms with Crippen LogP contribution >= 0.6 is 11.6 Å². The van der Waals surface area contributed by atoms with Gasteiger partial charge in [-0.25, -0.2) is 0 Å². The number of hydrogen-bond acceptors (Lipinski definition) is 3. The predicted molar refractivity (Wildman–Crippen MR) is 53.5 cm³/mol. The Morgan fingerprint density at radius 3 is 2.71 bits per heavy atom. The molecule has 3 nitrogen and oxygen atoms in total. The first-order chi connectivity index (χ1) is 6.63. The van der Waals surface area contributed by atoms with E-state index in [0.717, 1.165) is 5.56 Å². The second kappa shape index (κ2) is 4.86. The third kappa shape index (κ3) is 2.92. The van der Waals surface area contributed by atoms with E-state index < -0.39 is 0 Å². The zero-order valence-corrected chi connectivity index (χ0v) is 8.80. The summed E-state index contributed by atoms with van der Waals surface area (Å²) < 4.78 is 9.80. The SMILES string of the molecule is COc1ccc(COC(C)=O)c(Cl)c1. The van der Waals surface area contributed by atoms with Crippen molar-refractivity contribution in [2.45, 2.75) is 13.5 Å². The largest absolute Gasteiger partial charge is 0.497 e. The van der Waals surface area contributed by atoms with Gasteiger partial charge in [0.2, 0.25) is 0 Å². The van der Waals surface area contributed by atoms with Gasteiger partial charge in [0.1, 0.15) is 12.4 Å². The molecule has 0 fully saturated rings. The van der Waals surface area contributed by atoms with Crippen LogP contribution in [0.4, 0.5) is 0 Å². The molecule has 0 bridgehead atoms. The number of methoxy groups -OCH3 is 1. The fourth-order valence-electron chi connectivity index (χ4n) is 0.951. The minimum absolute atomic E-state index is 0.193. The van der Waals surface area contributed by atoms with E-state index in [-0.39, 0.29) is 12.6 Å². The van der Waals surface area contributed by atoms with E-state index in [0.29, 0.717) is 10.8 Å². The Labute approximate surface area is 87.6 Å². The normalized spacial score (nSPS) is 9.64. The lowest BCUT2D eigenvalue weighted by Gasteiger charge is -2.06. The van der Waals surface area contributed by atoms with E-state index >= 15 is 0 Å². The zero-order valence-electron chi connectivity index (χ0n) is 8.04. The van der Waals surface area contributed by atoms with Crippen molar-refractivity contribution in [2.75, 3.05) is 7.11 Å². The summed E-state index contributed by atoms with van der Waals surface area (Å²) in [5.41, 5.74) is 0.766. The van der Waals surface area contributed by atoms with Gasteiger partial charge in [-0.05, 0) is 12.1 Å². The Morgan fingerprint density at radius 1 is 1.50 bits per heavy atom. The van der Waals surface area contributed by atoms with Gasteiger partial charge in [-0.3, -0.25) is 4.79 Å². The van der Waals surface area contributed by atoms with Crippen LogP contribution in [-0.4, -0.2) is 13.1 Å². The molecule has 0 amide bonds. The van der Waals surface area contributed by atoms with Crippen molar-refractivity contribution in [3.05, 3.63) is 28.8 Å². The van der Waals surface area contributed by atoms with Crippen LogP contribution in [0.15, 0.2) is 18.2 Å². The van der Waals surface area contributed by atoms with E-state index in [1.54, 1.807) is 25.3 Å². The summed E-state index contributed by atoms with van der Waals surface area (Å²) in [6, 6.07) is 5.22. The monoisotopic (exact) mass is 214 g/mol. The molecule has 0 N–H and O–H groups in total. The molecule has 0 saturated carbocycles. The average molecular weight is 215 g/mol. The van der Waals surface area contributed by atoms with Crippen molar-refractivity contribution in [1.82, 2.24) is 0 Å². The third-order valence-corrected chi connectivity index (χ3v) is 2.04. The molecule has 4 heteroatoms.